The third-order valence-electron chi connectivity index (χ3n) is 1.86. The lowest BCUT2D eigenvalue weighted by molar-refractivity contribution is 0.330. The van der Waals surface area contributed by atoms with E-state index in [1.165, 1.54) is 5.57 Å². The predicted molar refractivity (Wildman–Crippen MR) is 47.2 cm³/mol. The van der Waals surface area contributed by atoms with E-state index in [0.29, 0.717) is 0 Å². The topological polar surface area (TPSA) is 3.24 Å². The van der Waals surface area contributed by atoms with Gasteiger partial charge in [-0.1, -0.05) is 25.5 Å². The minimum absolute atomic E-state index is 1.13. The molecule has 0 aromatic heterocycles. The first-order chi connectivity index (χ1) is 4.74. The van der Waals surface area contributed by atoms with Crippen molar-refractivity contribution in [3.05, 3.63) is 11.6 Å². The molecule has 60 valence electrons. The molecule has 0 aliphatic carbocycles. The van der Waals surface area contributed by atoms with Crippen molar-refractivity contribution in [1.82, 2.24) is 4.90 Å². The van der Waals surface area contributed by atoms with Gasteiger partial charge in [0.1, 0.15) is 0 Å². The SMILES string of the molecule is CC=C(C)CN(CC)CC. The van der Waals surface area contributed by atoms with Gasteiger partial charge in [0.2, 0.25) is 0 Å². The third-order valence-corrected chi connectivity index (χ3v) is 1.86. The summed E-state index contributed by atoms with van der Waals surface area (Å²) in [7, 11) is 0. The average Bonchev–Trinajstić information content (AvgIpc) is 1.99. The van der Waals surface area contributed by atoms with Crippen molar-refractivity contribution in [3.63, 3.8) is 0 Å². The van der Waals surface area contributed by atoms with Crippen LogP contribution in [0.1, 0.15) is 27.7 Å². The molecular weight excluding hydrogens is 122 g/mol. The smallest absolute Gasteiger partial charge is 0.0189 e. The Hall–Kier alpha value is -0.300. The van der Waals surface area contributed by atoms with Crippen LogP contribution >= 0.6 is 0 Å². The van der Waals surface area contributed by atoms with Gasteiger partial charge < -0.3 is 0 Å². The molecule has 1 heteroatoms. The first-order valence-corrected chi connectivity index (χ1v) is 4.08. The zero-order valence-corrected chi connectivity index (χ0v) is 7.65. The highest BCUT2D eigenvalue weighted by molar-refractivity contribution is 4.98. The molecule has 1 nitrogen and oxygen atoms in total. The molecular formula is C9H19N. The fourth-order valence-electron chi connectivity index (χ4n) is 0.891. The van der Waals surface area contributed by atoms with Gasteiger partial charge in [-0.3, -0.25) is 4.90 Å². The quantitative estimate of drug-likeness (QED) is 0.543. The van der Waals surface area contributed by atoms with E-state index in [2.05, 4.69) is 38.7 Å². The van der Waals surface area contributed by atoms with Crippen molar-refractivity contribution in [2.75, 3.05) is 19.6 Å². The van der Waals surface area contributed by atoms with Crippen molar-refractivity contribution in [3.8, 4) is 0 Å². The number of likely N-dealkylation sites (N-methyl/N-ethyl adjacent to an activating group) is 1. The molecule has 10 heavy (non-hydrogen) atoms. The lowest BCUT2D eigenvalue weighted by Crippen LogP contribution is -2.24. The standard InChI is InChI=1S/C9H19N/c1-5-9(4)8-10(6-2)7-3/h5H,6-8H2,1-4H3. The van der Waals surface area contributed by atoms with Gasteiger partial charge in [-0.05, 0) is 26.9 Å². The largest absolute Gasteiger partial charge is 0.300 e. The summed E-state index contributed by atoms with van der Waals surface area (Å²) in [5.74, 6) is 0. The summed E-state index contributed by atoms with van der Waals surface area (Å²) in [5.41, 5.74) is 1.46. The van der Waals surface area contributed by atoms with E-state index in [1.807, 2.05) is 0 Å². The highest BCUT2D eigenvalue weighted by Crippen LogP contribution is 1.96. The van der Waals surface area contributed by atoms with Crippen LogP contribution in [0.2, 0.25) is 0 Å². The van der Waals surface area contributed by atoms with Gasteiger partial charge in [0.25, 0.3) is 0 Å². The van der Waals surface area contributed by atoms with Gasteiger partial charge >= 0.3 is 0 Å². The van der Waals surface area contributed by atoms with Gasteiger partial charge in [-0.15, -0.1) is 0 Å². The van der Waals surface area contributed by atoms with E-state index in [0.717, 1.165) is 19.6 Å². The highest BCUT2D eigenvalue weighted by Gasteiger charge is 1.97. The summed E-state index contributed by atoms with van der Waals surface area (Å²) in [6.07, 6.45) is 2.18. The Morgan fingerprint density at radius 2 is 1.80 bits per heavy atom. The van der Waals surface area contributed by atoms with Crippen LogP contribution in [0.25, 0.3) is 0 Å². The molecule has 0 aliphatic heterocycles. The molecule has 0 saturated carbocycles. The van der Waals surface area contributed by atoms with Crippen molar-refractivity contribution < 1.29 is 0 Å². The monoisotopic (exact) mass is 141 g/mol. The summed E-state index contributed by atoms with van der Waals surface area (Å²) >= 11 is 0. The third kappa shape index (κ3) is 3.67. The maximum Gasteiger partial charge on any atom is 0.0189 e. The van der Waals surface area contributed by atoms with Crippen LogP contribution in [-0.4, -0.2) is 24.5 Å². The van der Waals surface area contributed by atoms with Crippen LogP contribution in [0.5, 0.6) is 0 Å². The first kappa shape index (κ1) is 9.70. The molecule has 0 aliphatic rings. The maximum atomic E-state index is 2.41. The molecule has 0 atom stereocenters. The molecule has 0 bridgehead atoms. The molecule has 0 unspecified atom stereocenters. The second-order valence-corrected chi connectivity index (χ2v) is 2.60. The van der Waals surface area contributed by atoms with Crippen molar-refractivity contribution >= 4 is 0 Å². The van der Waals surface area contributed by atoms with Gasteiger partial charge in [-0.2, -0.15) is 0 Å². The van der Waals surface area contributed by atoms with Crippen LogP contribution in [-0.2, 0) is 0 Å². The molecule has 0 rings (SSSR count). The molecule has 0 aromatic rings. The highest BCUT2D eigenvalue weighted by atomic mass is 15.1. The molecule has 0 radical (unpaired) electrons. The van der Waals surface area contributed by atoms with Crippen LogP contribution in [0.15, 0.2) is 11.6 Å². The second kappa shape index (κ2) is 5.48. The Labute approximate surface area is 64.7 Å². The van der Waals surface area contributed by atoms with Crippen molar-refractivity contribution in [2.24, 2.45) is 0 Å². The number of rotatable bonds is 4. The van der Waals surface area contributed by atoms with Gasteiger partial charge in [0.05, 0.1) is 0 Å². The van der Waals surface area contributed by atoms with E-state index in [4.69, 9.17) is 0 Å². The predicted octanol–water partition coefficient (Wildman–Crippen LogP) is 2.29. The van der Waals surface area contributed by atoms with Gasteiger partial charge in [-0.25, -0.2) is 0 Å². The van der Waals surface area contributed by atoms with Crippen LogP contribution in [0, 0.1) is 0 Å². The Kier molecular flexibility index (Phi) is 5.32. The number of hydrogen-bond acceptors (Lipinski definition) is 1. The number of hydrogen-bond donors (Lipinski definition) is 0. The maximum absolute atomic E-state index is 2.41. The zero-order valence-electron chi connectivity index (χ0n) is 7.65. The van der Waals surface area contributed by atoms with E-state index in [-0.39, 0.29) is 0 Å². The Balaban J connectivity index is 3.63. The fourth-order valence-corrected chi connectivity index (χ4v) is 0.891. The molecule has 0 N–H and O–H groups in total. The minimum atomic E-state index is 1.13. The molecule has 0 spiro atoms. The molecule has 0 fully saturated rings. The van der Waals surface area contributed by atoms with E-state index < -0.39 is 0 Å². The Bertz CT molecular complexity index is 101. The van der Waals surface area contributed by atoms with Crippen LogP contribution in [0.4, 0.5) is 0 Å². The lowest BCUT2D eigenvalue weighted by atomic mass is 10.2. The Morgan fingerprint density at radius 3 is 2.10 bits per heavy atom. The van der Waals surface area contributed by atoms with Crippen molar-refractivity contribution in [2.45, 2.75) is 27.7 Å². The molecule has 0 saturated heterocycles. The number of allylic oxidation sites excluding steroid dienone is 1. The van der Waals surface area contributed by atoms with Gasteiger partial charge in [0.15, 0.2) is 0 Å². The Morgan fingerprint density at radius 1 is 1.30 bits per heavy atom. The van der Waals surface area contributed by atoms with E-state index in [1.54, 1.807) is 0 Å². The number of nitrogens with zero attached hydrogens (tertiary/aromatic N) is 1. The summed E-state index contributed by atoms with van der Waals surface area (Å²) in [5, 5.41) is 0. The van der Waals surface area contributed by atoms with Crippen LogP contribution in [0.3, 0.4) is 0 Å². The van der Waals surface area contributed by atoms with E-state index >= 15 is 0 Å². The molecule has 0 aromatic carbocycles. The zero-order chi connectivity index (χ0) is 7.98. The van der Waals surface area contributed by atoms with Crippen molar-refractivity contribution in [1.29, 1.82) is 0 Å². The lowest BCUT2D eigenvalue weighted by Gasteiger charge is -2.17. The molecule has 0 heterocycles. The normalized spacial score (nSPS) is 12.7. The van der Waals surface area contributed by atoms with Gasteiger partial charge in [0, 0.05) is 6.54 Å². The molecule has 0 amide bonds. The average molecular weight is 141 g/mol. The van der Waals surface area contributed by atoms with Crippen LogP contribution < -0.4 is 0 Å². The first-order valence-electron chi connectivity index (χ1n) is 4.08. The minimum Gasteiger partial charge on any atom is -0.300 e. The fraction of sp³-hybridized carbons (Fsp3) is 0.778. The summed E-state index contributed by atoms with van der Waals surface area (Å²) in [4.78, 5) is 2.41. The van der Waals surface area contributed by atoms with E-state index in [9.17, 15) is 0 Å². The summed E-state index contributed by atoms with van der Waals surface area (Å²) < 4.78 is 0. The second-order valence-electron chi connectivity index (χ2n) is 2.60. The summed E-state index contributed by atoms with van der Waals surface area (Å²) in [6, 6.07) is 0. The summed E-state index contributed by atoms with van der Waals surface area (Å²) in [6.45, 7) is 12.1.